The van der Waals surface area contributed by atoms with Crippen LogP contribution in [-0.4, -0.2) is 18.7 Å². The zero-order valence-electron chi connectivity index (χ0n) is 7.09. The average molecular weight is 199 g/mol. The molecule has 0 radical (unpaired) electrons. The van der Waals surface area contributed by atoms with Gasteiger partial charge in [-0.15, -0.1) is 11.6 Å². The fraction of sp³-hybridized carbons (Fsp3) is 0.222. The molecule has 0 aliphatic rings. The van der Waals surface area contributed by atoms with Crippen LogP contribution in [-0.2, 0) is 0 Å². The van der Waals surface area contributed by atoms with Crippen LogP contribution in [0.25, 0.3) is 0 Å². The van der Waals surface area contributed by atoms with Crippen LogP contribution in [0.3, 0.4) is 0 Å². The van der Waals surface area contributed by atoms with E-state index in [2.05, 4.69) is 0 Å². The Bertz CT molecular complexity index is 302. The van der Waals surface area contributed by atoms with Crippen molar-refractivity contribution in [2.45, 2.75) is 0 Å². The number of nitrogen functional groups attached to an aromatic ring is 1. The Kier molecular flexibility index (Phi) is 3.58. The second kappa shape index (κ2) is 4.72. The van der Waals surface area contributed by atoms with Gasteiger partial charge in [-0.25, -0.2) is 0 Å². The number of hydrogen-bond donors (Lipinski definition) is 2. The monoisotopic (exact) mass is 198 g/mol. The van der Waals surface area contributed by atoms with Crippen molar-refractivity contribution in [2.75, 3.05) is 18.2 Å². The highest BCUT2D eigenvalue weighted by atomic mass is 35.5. The zero-order valence-corrected chi connectivity index (χ0v) is 7.84. The normalized spacial score (nSPS) is 9.62. The lowest BCUT2D eigenvalue weighted by atomic mass is 10.2. The van der Waals surface area contributed by atoms with Gasteiger partial charge in [0.15, 0.2) is 0 Å². The Hall–Kier alpha value is -1.22. The van der Waals surface area contributed by atoms with Gasteiger partial charge < -0.3 is 15.9 Å². The van der Waals surface area contributed by atoms with E-state index < -0.39 is 0 Å². The summed E-state index contributed by atoms with van der Waals surface area (Å²) in [6, 6.07) is 5.19. The zero-order chi connectivity index (χ0) is 9.68. The molecule has 3 N–H and O–H groups in total. The first-order chi connectivity index (χ1) is 6.27. The second-order valence-electron chi connectivity index (χ2n) is 2.47. The highest BCUT2D eigenvalue weighted by molar-refractivity contribution is 6.18. The molecule has 0 fully saturated rings. The number of anilines is 1. The van der Waals surface area contributed by atoms with E-state index >= 15 is 0 Å². The van der Waals surface area contributed by atoms with E-state index in [0.29, 0.717) is 29.5 Å². The minimum Gasteiger partial charge on any atom is -0.492 e. The Labute approximate surface area is 82.0 Å². The van der Waals surface area contributed by atoms with Gasteiger partial charge in [-0.05, 0) is 18.2 Å². The molecule has 0 heterocycles. The summed E-state index contributed by atoms with van der Waals surface area (Å²) in [5.74, 6) is 1.14. The molecular formula is C9H11ClN2O. The van der Waals surface area contributed by atoms with E-state index in [1.165, 1.54) is 6.21 Å². The van der Waals surface area contributed by atoms with Crippen LogP contribution >= 0.6 is 11.6 Å². The molecule has 0 aliphatic heterocycles. The van der Waals surface area contributed by atoms with Crippen LogP contribution in [0.1, 0.15) is 5.56 Å². The van der Waals surface area contributed by atoms with Gasteiger partial charge >= 0.3 is 0 Å². The molecular weight excluding hydrogens is 188 g/mol. The molecule has 0 saturated carbocycles. The Morgan fingerprint density at radius 1 is 1.54 bits per heavy atom. The molecule has 0 spiro atoms. The topological polar surface area (TPSA) is 59.1 Å². The summed E-state index contributed by atoms with van der Waals surface area (Å²) in [6.45, 7) is 0.461. The van der Waals surface area contributed by atoms with E-state index in [4.69, 9.17) is 27.5 Å². The lowest BCUT2D eigenvalue weighted by Crippen LogP contribution is -2.00. The van der Waals surface area contributed by atoms with Crippen molar-refractivity contribution < 1.29 is 4.74 Å². The van der Waals surface area contributed by atoms with Crippen LogP contribution in [0.4, 0.5) is 5.69 Å². The fourth-order valence-electron chi connectivity index (χ4n) is 0.924. The number of rotatable bonds is 4. The van der Waals surface area contributed by atoms with E-state index in [9.17, 15) is 0 Å². The Morgan fingerprint density at radius 2 is 2.31 bits per heavy atom. The van der Waals surface area contributed by atoms with Crippen molar-refractivity contribution in [3.8, 4) is 5.75 Å². The third-order valence-corrected chi connectivity index (χ3v) is 1.71. The van der Waals surface area contributed by atoms with Crippen molar-refractivity contribution in [1.29, 1.82) is 5.41 Å². The molecule has 4 heteroatoms. The van der Waals surface area contributed by atoms with Gasteiger partial charge in [-0.3, -0.25) is 0 Å². The van der Waals surface area contributed by atoms with Crippen LogP contribution in [0.2, 0.25) is 0 Å². The van der Waals surface area contributed by atoms with Gasteiger partial charge in [-0.2, -0.15) is 0 Å². The van der Waals surface area contributed by atoms with Crippen molar-refractivity contribution in [2.24, 2.45) is 0 Å². The third kappa shape index (κ3) is 2.63. The van der Waals surface area contributed by atoms with Crippen LogP contribution in [0.5, 0.6) is 5.75 Å². The number of alkyl halides is 1. The Balaban J connectivity index is 2.80. The molecule has 0 amide bonds. The van der Waals surface area contributed by atoms with Gasteiger partial charge in [-0.1, -0.05) is 0 Å². The molecule has 0 unspecified atom stereocenters. The van der Waals surface area contributed by atoms with Crippen LogP contribution in [0.15, 0.2) is 18.2 Å². The molecule has 13 heavy (non-hydrogen) atoms. The molecule has 3 nitrogen and oxygen atoms in total. The lowest BCUT2D eigenvalue weighted by molar-refractivity contribution is 0.343. The van der Waals surface area contributed by atoms with Crippen molar-refractivity contribution >= 4 is 23.5 Å². The van der Waals surface area contributed by atoms with Gasteiger partial charge in [0, 0.05) is 17.5 Å². The second-order valence-corrected chi connectivity index (χ2v) is 2.85. The fourth-order valence-corrected chi connectivity index (χ4v) is 1.00. The summed E-state index contributed by atoms with van der Waals surface area (Å²) in [5, 5.41) is 7.07. The molecule has 1 rings (SSSR count). The smallest absolute Gasteiger partial charge is 0.120 e. The van der Waals surface area contributed by atoms with Gasteiger partial charge in [0.25, 0.3) is 0 Å². The largest absolute Gasteiger partial charge is 0.492 e. The summed E-state index contributed by atoms with van der Waals surface area (Å²) in [7, 11) is 0. The predicted octanol–water partition coefficient (Wildman–Crippen LogP) is 1.88. The summed E-state index contributed by atoms with van der Waals surface area (Å²) in [6.07, 6.45) is 1.20. The molecule has 1 aromatic rings. The number of halogens is 1. The average Bonchev–Trinajstić information content (AvgIpc) is 2.16. The molecule has 0 atom stereocenters. The number of benzene rings is 1. The molecule has 0 saturated heterocycles. The summed E-state index contributed by atoms with van der Waals surface area (Å²) < 4.78 is 5.26. The SMILES string of the molecule is N=Cc1cc(OCCCl)ccc1N. The molecule has 70 valence electrons. The highest BCUT2D eigenvalue weighted by Crippen LogP contribution is 2.17. The summed E-state index contributed by atoms with van der Waals surface area (Å²) in [5.41, 5.74) is 6.83. The minimum absolute atomic E-state index is 0.449. The first-order valence-electron chi connectivity index (χ1n) is 3.86. The predicted molar refractivity (Wildman–Crippen MR) is 55.0 cm³/mol. The number of ether oxygens (including phenoxy) is 1. The van der Waals surface area contributed by atoms with Crippen molar-refractivity contribution in [3.63, 3.8) is 0 Å². The molecule has 1 aromatic carbocycles. The quantitative estimate of drug-likeness (QED) is 0.441. The van der Waals surface area contributed by atoms with E-state index in [-0.39, 0.29) is 0 Å². The van der Waals surface area contributed by atoms with E-state index in [1.807, 2.05) is 0 Å². The van der Waals surface area contributed by atoms with Gasteiger partial charge in [0.05, 0.1) is 5.88 Å². The number of nitrogens with one attached hydrogen (secondary N) is 1. The first-order valence-corrected chi connectivity index (χ1v) is 4.40. The first kappa shape index (κ1) is 9.86. The highest BCUT2D eigenvalue weighted by Gasteiger charge is 1.98. The molecule has 0 bridgehead atoms. The maximum atomic E-state index is 7.07. The van der Waals surface area contributed by atoms with Crippen LogP contribution in [0, 0.1) is 5.41 Å². The molecule has 0 aliphatic carbocycles. The van der Waals surface area contributed by atoms with Crippen molar-refractivity contribution in [1.82, 2.24) is 0 Å². The third-order valence-electron chi connectivity index (χ3n) is 1.56. The molecule has 0 aromatic heterocycles. The number of nitrogens with two attached hydrogens (primary N) is 1. The van der Waals surface area contributed by atoms with Crippen molar-refractivity contribution in [3.05, 3.63) is 23.8 Å². The van der Waals surface area contributed by atoms with E-state index in [0.717, 1.165) is 0 Å². The van der Waals surface area contributed by atoms with Crippen LogP contribution < -0.4 is 10.5 Å². The maximum absolute atomic E-state index is 7.07. The minimum atomic E-state index is 0.449. The summed E-state index contributed by atoms with van der Waals surface area (Å²) >= 11 is 5.46. The summed E-state index contributed by atoms with van der Waals surface area (Å²) in [4.78, 5) is 0. The standard InChI is InChI=1S/C9H11ClN2O/c10-3-4-13-8-1-2-9(12)7(5-8)6-11/h1-2,5-6,11H,3-4,12H2. The van der Waals surface area contributed by atoms with E-state index in [1.54, 1.807) is 18.2 Å². The maximum Gasteiger partial charge on any atom is 0.120 e. The van der Waals surface area contributed by atoms with Gasteiger partial charge in [0.2, 0.25) is 0 Å². The number of hydrogen-bond acceptors (Lipinski definition) is 3. The van der Waals surface area contributed by atoms with Gasteiger partial charge in [0.1, 0.15) is 12.4 Å². The lowest BCUT2D eigenvalue weighted by Gasteiger charge is -2.05. The Morgan fingerprint density at radius 3 is 2.92 bits per heavy atom.